The Labute approximate surface area is 154 Å². The van der Waals surface area contributed by atoms with E-state index in [9.17, 15) is 9.59 Å². The van der Waals surface area contributed by atoms with E-state index in [0.29, 0.717) is 22.7 Å². The summed E-state index contributed by atoms with van der Waals surface area (Å²) in [5.41, 5.74) is 1.90. The molecule has 0 radical (unpaired) electrons. The van der Waals surface area contributed by atoms with Crippen molar-refractivity contribution in [3.05, 3.63) is 65.0 Å². The van der Waals surface area contributed by atoms with Crippen LogP contribution in [0.1, 0.15) is 27.0 Å². The monoisotopic (exact) mass is 370 g/mol. The second-order valence-electron chi connectivity index (χ2n) is 5.75. The highest BCUT2D eigenvalue weighted by atomic mass is 32.1. The molecule has 6 nitrogen and oxygen atoms in total. The van der Waals surface area contributed by atoms with Crippen molar-refractivity contribution in [3.63, 3.8) is 0 Å². The lowest BCUT2D eigenvalue weighted by Gasteiger charge is -2.15. The van der Waals surface area contributed by atoms with Crippen molar-refractivity contribution >= 4 is 33.2 Å². The molecule has 134 valence electrons. The Balaban J connectivity index is 1.54. The standard InChI is InChI=1S/C19H18N2O4S/c1-12(25-15-8-6-13(7-9-15)18(22)21-24)11-20-19(23)17-10-14-4-2-3-5-16(14)26-17/h2-10,12,24H,11H2,1H3,(H,20,23)(H,21,22)/t12-/m1/s1. The molecule has 0 saturated carbocycles. The number of hydrogen-bond acceptors (Lipinski definition) is 5. The molecule has 7 heteroatoms. The van der Waals surface area contributed by atoms with Crippen LogP contribution in [-0.2, 0) is 0 Å². The van der Waals surface area contributed by atoms with Crippen LogP contribution in [0.4, 0.5) is 0 Å². The topological polar surface area (TPSA) is 87.7 Å². The number of rotatable bonds is 6. The van der Waals surface area contributed by atoms with Crippen molar-refractivity contribution in [1.82, 2.24) is 10.8 Å². The van der Waals surface area contributed by atoms with Gasteiger partial charge >= 0.3 is 0 Å². The lowest BCUT2D eigenvalue weighted by Crippen LogP contribution is -2.33. The molecule has 0 aliphatic heterocycles. The number of nitrogens with one attached hydrogen (secondary N) is 2. The average Bonchev–Trinajstić information content (AvgIpc) is 3.10. The van der Waals surface area contributed by atoms with Crippen molar-refractivity contribution in [2.45, 2.75) is 13.0 Å². The molecule has 3 rings (SSSR count). The molecular formula is C19H18N2O4S. The maximum absolute atomic E-state index is 12.3. The van der Waals surface area contributed by atoms with Gasteiger partial charge < -0.3 is 10.1 Å². The second-order valence-corrected chi connectivity index (χ2v) is 6.84. The molecule has 0 aliphatic carbocycles. The molecule has 2 aromatic carbocycles. The van der Waals surface area contributed by atoms with Crippen LogP contribution in [0.3, 0.4) is 0 Å². The third-order valence-corrected chi connectivity index (χ3v) is 4.87. The Morgan fingerprint density at radius 3 is 2.54 bits per heavy atom. The largest absolute Gasteiger partial charge is 0.489 e. The van der Waals surface area contributed by atoms with Crippen LogP contribution < -0.4 is 15.5 Å². The summed E-state index contributed by atoms with van der Waals surface area (Å²) in [7, 11) is 0. The van der Waals surface area contributed by atoms with E-state index >= 15 is 0 Å². The summed E-state index contributed by atoms with van der Waals surface area (Å²) in [6.45, 7) is 2.20. The van der Waals surface area contributed by atoms with Crippen LogP contribution >= 0.6 is 11.3 Å². The van der Waals surface area contributed by atoms with Gasteiger partial charge in [-0.25, -0.2) is 5.48 Å². The van der Waals surface area contributed by atoms with Gasteiger partial charge in [0, 0.05) is 10.3 Å². The predicted octanol–water partition coefficient (Wildman–Crippen LogP) is 3.22. The molecule has 0 bridgehead atoms. The molecule has 3 aromatic rings. The fourth-order valence-electron chi connectivity index (χ4n) is 2.44. The third kappa shape index (κ3) is 4.19. The van der Waals surface area contributed by atoms with Crippen molar-refractivity contribution in [2.24, 2.45) is 0 Å². The lowest BCUT2D eigenvalue weighted by molar-refractivity contribution is 0.0706. The number of hydroxylamine groups is 1. The Morgan fingerprint density at radius 1 is 1.12 bits per heavy atom. The number of carbonyl (C=O) groups excluding carboxylic acids is 2. The van der Waals surface area contributed by atoms with Crippen LogP contribution in [-0.4, -0.2) is 29.7 Å². The summed E-state index contributed by atoms with van der Waals surface area (Å²) in [6, 6.07) is 16.1. The number of carbonyl (C=O) groups is 2. The zero-order valence-electron chi connectivity index (χ0n) is 14.1. The number of hydrogen-bond donors (Lipinski definition) is 3. The highest BCUT2D eigenvalue weighted by molar-refractivity contribution is 7.20. The summed E-state index contributed by atoms with van der Waals surface area (Å²) in [5, 5.41) is 12.5. The van der Waals surface area contributed by atoms with E-state index in [1.165, 1.54) is 11.3 Å². The molecule has 26 heavy (non-hydrogen) atoms. The molecule has 2 amide bonds. The lowest BCUT2D eigenvalue weighted by atomic mass is 10.2. The predicted molar refractivity (Wildman–Crippen MR) is 99.9 cm³/mol. The van der Waals surface area contributed by atoms with Gasteiger partial charge in [-0.1, -0.05) is 18.2 Å². The van der Waals surface area contributed by atoms with Crippen LogP contribution in [0, 0.1) is 0 Å². The minimum atomic E-state index is -0.583. The van der Waals surface area contributed by atoms with E-state index in [-0.39, 0.29) is 12.0 Å². The summed E-state index contributed by atoms with van der Waals surface area (Å²) in [5.74, 6) is -0.139. The van der Waals surface area contributed by atoms with E-state index in [1.807, 2.05) is 37.3 Å². The smallest absolute Gasteiger partial charge is 0.274 e. The average molecular weight is 370 g/mol. The Morgan fingerprint density at radius 2 is 1.85 bits per heavy atom. The molecule has 0 aliphatic rings. The highest BCUT2D eigenvalue weighted by Crippen LogP contribution is 2.25. The van der Waals surface area contributed by atoms with Gasteiger partial charge in [0.05, 0.1) is 11.4 Å². The second kappa shape index (κ2) is 7.99. The minimum absolute atomic E-state index is 0.128. The Bertz CT molecular complexity index is 888. The minimum Gasteiger partial charge on any atom is -0.489 e. The quantitative estimate of drug-likeness (QED) is 0.459. The number of thiophene rings is 1. The first-order valence-corrected chi connectivity index (χ1v) is 8.86. The van der Waals surface area contributed by atoms with Gasteiger partial charge in [0.2, 0.25) is 0 Å². The van der Waals surface area contributed by atoms with Gasteiger partial charge in [0.25, 0.3) is 11.8 Å². The zero-order chi connectivity index (χ0) is 18.5. The first-order valence-electron chi connectivity index (χ1n) is 8.05. The highest BCUT2D eigenvalue weighted by Gasteiger charge is 2.12. The SMILES string of the molecule is C[C@H](CNC(=O)c1cc2ccccc2s1)Oc1ccc(C(=O)NO)cc1. The first kappa shape index (κ1) is 17.9. The molecule has 1 heterocycles. The molecule has 1 atom stereocenters. The molecule has 0 saturated heterocycles. The van der Waals surface area contributed by atoms with Crippen molar-refractivity contribution in [2.75, 3.05) is 6.54 Å². The molecular weight excluding hydrogens is 352 g/mol. The summed E-state index contributed by atoms with van der Waals surface area (Å²) in [4.78, 5) is 24.2. The van der Waals surface area contributed by atoms with E-state index in [4.69, 9.17) is 9.94 Å². The van der Waals surface area contributed by atoms with Gasteiger partial charge in [0.15, 0.2) is 0 Å². The molecule has 0 fully saturated rings. The molecule has 3 N–H and O–H groups in total. The van der Waals surface area contributed by atoms with Gasteiger partial charge in [-0.05, 0) is 48.7 Å². The Hall–Kier alpha value is -2.90. The number of ether oxygens (including phenoxy) is 1. The number of fused-ring (bicyclic) bond motifs is 1. The fraction of sp³-hybridized carbons (Fsp3) is 0.158. The van der Waals surface area contributed by atoms with Crippen LogP contribution in [0.15, 0.2) is 54.6 Å². The Kier molecular flexibility index (Phi) is 5.50. The molecule has 0 spiro atoms. The van der Waals surface area contributed by atoms with E-state index in [0.717, 1.165) is 10.1 Å². The van der Waals surface area contributed by atoms with E-state index in [2.05, 4.69) is 5.32 Å². The van der Waals surface area contributed by atoms with Crippen molar-refractivity contribution < 1.29 is 19.5 Å². The summed E-state index contributed by atoms with van der Waals surface area (Å²) < 4.78 is 6.80. The zero-order valence-corrected chi connectivity index (χ0v) is 14.9. The fourth-order valence-corrected chi connectivity index (χ4v) is 3.42. The normalized spacial score (nSPS) is 11.8. The van der Waals surface area contributed by atoms with Gasteiger partial charge in [0.1, 0.15) is 11.9 Å². The van der Waals surface area contributed by atoms with Crippen molar-refractivity contribution in [3.8, 4) is 5.75 Å². The summed E-state index contributed by atoms with van der Waals surface area (Å²) >= 11 is 1.46. The maximum atomic E-state index is 12.3. The van der Waals surface area contributed by atoms with Gasteiger partial charge in [-0.3, -0.25) is 14.8 Å². The summed E-state index contributed by atoms with van der Waals surface area (Å²) in [6.07, 6.45) is -0.245. The molecule has 0 unspecified atom stereocenters. The maximum Gasteiger partial charge on any atom is 0.274 e. The number of benzene rings is 2. The van der Waals surface area contributed by atoms with Crippen molar-refractivity contribution in [1.29, 1.82) is 0 Å². The van der Waals surface area contributed by atoms with Crippen LogP contribution in [0.25, 0.3) is 10.1 Å². The van der Waals surface area contributed by atoms with E-state index in [1.54, 1.807) is 29.7 Å². The van der Waals surface area contributed by atoms with Crippen LogP contribution in [0.2, 0.25) is 0 Å². The van der Waals surface area contributed by atoms with Crippen LogP contribution in [0.5, 0.6) is 5.75 Å². The first-order chi connectivity index (χ1) is 12.6. The van der Waals surface area contributed by atoms with Gasteiger partial charge in [-0.2, -0.15) is 0 Å². The third-order valence-electron chi connectivity index (χ3n) is 3.75. The number of amides is 2. The van der Waals surface area contributed by atoms with Gasteiger partial charge in [-0.15, -0.1) is 11.3 Å². The molecule has 1 aromatic heterocycles. The van der Waals surface area contributed by atoms with E-state index < -0.39 is 5.91 Å².